The zero-order valence-corrected chi connectivity index (χ0v) is 8.70. The van der Waals surface area contributed by atoms with Gasteiger partial charge in [0.1, 0.15) is 5.65 Å². The van der Waals surface area contributed by atoms with E-state index in [1.807, 2.05) is 13.0 Å². The van der Waals surface area contributed by atoms with Gasteiger partial charge in [-0.3, -0.25) is 0 Å². The number of nitrogens with zero attached hydrogens (tertiary/aromatic N) is 1. The van der Waals surface area contributed by atoms with E-state index in [0.29, 0.717) is 5.02 Å². The van der Waals surface area contributed by atoms with Crippen LogP contribution in [0.3, 0.4) is 0 Å². The minimum Gasteiger partial charge on any atom is -0.344 e. The number of aromatic amines is 1. The van der Waals surface area contributed by atoms with Gasteiger partial charge < -0.3 is 4.98 Å². The van der Waals surface area contributed by atoms with E-state index in [4.69, 9.17) is 11.6 Å². The minimum atomic E-state index is 0.712. The fourth-order valence-electron chi connectivity index (χ4n) is 1.15. The summed E-state index contributed by atoms with van der Waals surface area (Å²) in [5.41, 5.74) is 1.90. The van der Waals surface area contributed by atoms with Crippen molar-refractivity contribution in [2.75, 3.05) is 0 Å². The summed E-state index contributed by atoms with van der Waals surface area (Å²) in [4.78, 5) is 7.29. The van der Waals surface area contributed by atoms with Gasteiger partial charge in [0, 0.05) is 17.3 Å². The predicted molar refractivity (Wildman–Crippen MR) is 53.5 cm³/mol. The van der Waals surface area contributed by atoms with Gasteiger partial charge in [-0.25, -0.2) is 4.98 Å². The highest BCUT2D eigenvalue weighted by molar-refractivity contribution is 9.10. The molecule has 62 valence electrons. The van der Waals surface area contributed by atoms with Crippen LogP contribution in [0.2, 0.25) is 5.02 Å². The first-order valence-corrected chi connectivity index (χ1v) is 4.65. The number of aryl methyl sites for hydroxylation is 1. The molecule has 0 aliphatic heterocycles. The molecule has 0 unspecified atom stereocenters. The van der Waals surface area contributed by atoms with Gasteiger partial charge in [-0.2, -0.15) is 0 Å². The fourth-order valence-corrected chi connectivity index (χ4v) is 1.66. The summed E-state index contributed by atoms with van der Waals surface area (Å²) in [6.45, 7) is 1.98. The number of hydrogen-bond acceptors (Lipinski definition) is 1. The highest BCUT2D eigenvalue weighted by Gasteiger charge is 2.05. The topological polar surface area (TPSA) is 28.7 Å². The maximum absolute atomic E-state index is 6.03. The van der Waals surface area contributed by atoms with Crippen LogP contribution < -0.4 is 0 Å². The molecule has 12 heavy (non-hydrogen) atoms. The predicted octanol–water partition coefficient (Wildman–Crippen LogP) is 3.29. The molecular formula is C8H6BrClN2. The first-order valence-electron chi connectivity index (χ1n) is 3.48. The van der Waals surface area contributed by atoms with Crippen molar-refractivity contribution in [2.24, 2.45) is 0 Å². The molecule has 0 saturated carbocycles. The molecule has 0 aliphatic rings. The van der Waals surface area contributed by atoms with Crippen LogP contribution in [0.5, 0.6) is 0 Å². The van der Waals surface area contributed by atoms with Gasteiger partial charge >= 0.3 is 0 Å². The summed E-state index contributed by atoms with van der Waals surface area (Å²) in [7, 11) is 0. The fraction of sp³-hybridized carbons (Fsp3) is 0.125. The second-order valence-electron chi connectivity index (χ2n) is 2.63. The Hall–Kier alpha value is -0.540. The van der Waals surface area contributed by atoms with E-state index < -0.39 is 0 Å². The van der Waals surface area contributed by atoms with Crippen molar-refractivity contribution in [1.82, 2.24) is 9.97 Å². The molecule has 0 fully saturated rings. The van der Waals surface area contributed by atoms with E-state index in [-0.39, 0.29) is 0 Å². The Morgan fingerprint density at radius 1 is 1.58 bits per heavy atom. The summed E-state index contributed by atoms with van der Waals surface area (Å²) < 4.78 is 0.829. The number of pyridine rings is 1. The summed E-state index contributed by atoms with van der Waals surface area (Å²) in [5.74, 6) is 0. The third kappa shape index (κ3) is 1.13. The van der Waals surface area contributed by atoms with Crippen molar-refractivity contribution in [3.63, 3.8) is 0 Å². The first kappa shape index (κ1) is 8.08. The zero-order chi connectivity index (χ0) is 8.72. The number of nitrogens with one attached hydrogen (secondary N) is 1. The van der Waals surface area contributed by atoms with Crippen LogP contribution in [0.1, 0.15) is 5.69 Å². The molecule has 0 radical (unpaired) electrons. The largest absolute Gasteiger partial charge is 0.344 e. The molecule has 1 N–H and O–H groups in total. The lowest BCUT2D eigenvalue weighted by molar-refractivity contribution is 1.25. The lowest BCUT2D eigenvalue weighted by Crippen LogP contribution is -1.77. The van der Waals surface area contributed by atoms with E-state index in [1.165, 1.54) is 0 Å². The summed E-state index contributed by atoms with van der Waals surface area (Å²) in [5, 5.41) is 1.67. The van der Waals surface area contributed by atoms with Crippen molar-refractivity contribution >= 4 is 38.6 Å². The average molecular weight is 246 g/mol. The Bertz CT molecular complexity index is 436. The molecule has 2 aromatic heterocycles. The number of aromatic nitrogens is 2. The molecule has 0 atom stereocenters. The van der Waals surface area contributed by atoms with Crippen LogP contribution in [0, 0.1) is 6.92 Å². The summed E-state index contributed by atoms with van der Waals surface area (Å²) in [6.07, 6.45) is 1.70. The Balaban J connectivity index is 2.89. The van der Waals surface area contributed by atoms with Crippen LogP contribution in [0.25, 0.3) is 11.0 Å². The highest BCUT2D eigenvalue weighted by Crippen LogP contribution is 2.29. The summed E-state index contributed by atoms with van der Waals surface area (Å²) >= 11 is 9.35. The molecule has 0 bridgehead atoms. The summed E-state index contributed by atoms with van der Waals surface area (Å²) in [6, 6.07) is 1.98. The third-order valence-electron chi connectivity index (χ3n) is 1.68. The van der Waals surface area contributed by atoms with Gasteiger partial charge in [0.05, 0.1) is 9.50 Å². The highest BCUT2D eigenvalue weighted by atomic mass is 79.9. The van der Waals surface area contributed by atoms with Gasteiger partial charge in [0.2, 0.25) is 0 Å². The molecule has 0 spiro atoms. The monoisotopic (exact) mass is 244 g/mol. The normalized spacial score (nSPS) is 10.9. The Labute approximate surface area is 83.1 Å². The molecule has 2 aromatic rings. The van der Waals surface area contributed by atoms with E-state index in [0.717, 1.165) is 21.2 Å². The molecule has 0 aliphatic carbocycles. The van der Waals surface area contributed by atoms with Gasteiger partial charge in [0.25, 0.3) is 0 Å². The number of rotatable bonds is 0. The SMILES string of the molecule is Cc1cc2c(Cl)c(Br)cnc2[nH]1. The van der Waals surface area contributed by atoms with Crippen LogP contribution in [0.4, 0.5) is 0 Å². The van der Waals surface area contributed by atoms with E-state index in [1.54, 1.807) is 6.20 Å². The lowest BCUT2D eigenvalue weighted by Gasteiger charge is -1.94. The Morgan fingerprint density at radius 3 is 3.08 bits per heavy atom. The van der Waals surface area contributed by atoms with Gasteiger partial charge in [-0.05, 0) is 28.9 Å². The first-order chi connectivity index (χ1) is 5.68. The van der Waals surface area contributed by atoms with Crippen LogP contribution in [-0.4, -0.2) is 9.97 Å². The molecule has 0 saturated heterocycles. The number of hydrogen-bond donors (Lipinski definition) is 1. The molecule has 4 heteroatoms. The maximum Gasteiger partial charge on any atom is 0.139 e. The van der Waals surface area contributed by atoms with Crippen molar-refractivity contribution in [2.45, 2.75) is 6.92 Å². The van der Waals surface area contributed by atoms with Crippen LogP contribution in [0.15, 0.2) is 16.7 Å². The standard InChI is InChI=1S/C8H6BrClN2/c1-4-2-5-7(10)6(9)3-11-8(5)12-4/h2-3H,1H3,(H,11,12). The van der Waals surface area contributed by atoms with Crippen molar-refractivity contribution in [1.29, 1.82) is 0 Å². The molecule has 2 nitrogen and oxygen atoms in total. The minimum absolute atomic E-state index is 0.712. The Kier molecular flexibility index (Phi) is 1.85. The second kappa shape index (κ2) is 2.75. The third-order valence-corrected chi connectivity index (χ3v) is 2.92. The molecule has 0 aromatic carbocycles. The van der Waals surface area contributed by atoms with E-state index >= 15 is 0 Å². The van der Waals surface area contributed by atoms with E-state index in [2.05, 4.69) is 25.9 Å². The number of halogens is 2. The van der Waals surface area contributed by atoms with Gasteiger partial charge in [-0.1, -0.05) is 11.6 Å². The van der Waals surface area contributed by atoms with Crippen molar-refractivity contribution < 1.29 is 0 Å². The number of H-pyrrole nitrogens is 1. The lowest BCUT2D eigenvalue weighted by atomic mass is 10.3. The Morgan fingerprint density at radius 2 is 2.33 bits per heavy atom. The number of fused-ring (bicyclic) bond motifs is 1. The maximum atomic E-state index is 6.03. The second-order valence-corrected chi connectivity index (χ2v) is 3.87. The molecule has 2 rings (SSSR count). The smallest absolute Gasteiger partial charge is 0.139 e. The zero-order valence-electron chi connectivity index (χ0n) is 6.36. The van der Waals surface area contributed by atoms with Crippen LogP contribution in [-0.2, 0) is 0 Å². The molecule has 0 amide bonds. The average Bonchev–Trinajstić information content (AvgIpc) is 2.39. The van der Waals surface area contributed by atoms with Crippen LogP contribution >= 0.6 is 27.5 Å². The quantitative estimate of drug-likeness (QED) is 0.758. The molecular weight excluding hydrogens is 239 g/mol. The van der Waals surface area contributed by atoms with Crippen molar-refractivity contribution in [3.8, 4) is 0 Å². The van der Waals surface area contributed by atoms with Gasteiger partial charge in [0.15, 0.2) is 0 Å². The van der Waals surface area contributed by atoms with E-state index in [9.17, 15) is 0 Å². The molecule has 2 heterocycles. The van der Waals surface area contributed by atoms with Gasteiger partial charge in [-0.15, -0.1) is 0 Å². The van der Waals surface area contributed by atoms with Crippen molar-refractivity contribution in [3.05, 3.63) is 27.5 Å².